The Bertz CT molecular complexity index is 1410. The second-order valence-electron chi connectivity index (χ2n) is 7.84. The molecule has 1 heterocycles. The fourth-order valence-corrected chi connectivity index (χ4v) is 4.44. The fourth-order valence-electron chi connectivity index (χ4n) is 3.51. The maximum absolute atomic E-state index is 13.3. The minimum atomic E-state index is -0.664. The first-order chi connectivity index (χ1) is 17.2. The van der Waals surface area contributed by atoms with Gasteiger partial charge in [0.1, 0.15) is 12.2 Å². The number of carbonyl (C=O) groups is 2. The smallest absolute Gasteiger partial charge is 0.270 e. The summed E-state index contributed by atoms with van der Waals surface area (Å²) in [5.74, 6) is -0.637. The Morgan fingerprint density at radius 3 is 2.44 bits per heavy atom. The first-order valence-electron chi connectivity index (χ1n) is 10.6. The lowest BCUT2D eigenvalue weighted by atomic mass is 10.1. The van der Waals surface area contributed by atoms with Crippen molar-refractivity contribution >= 4 is 75.7 Å². The Labute approximate surface area is 228 Å². The molecule has 4 rings (SSSR count). The summed E-state index contributed by atoms with van der Waals surface area (Å²) < 4.78 is 11.4. The van der Waals surface area contributed by atoms with Gasteiger partial charge in [0.2, 0.25) is 0 Å². The van der Waals surface area contributed by atoms with Crippen LogP contribution in [0, 0.1) is 6.92 Å². The van der Waals surface area contributed by atoms with Crippen LogP contribution in [0.2, 0.25) is 15.1 Å². The molecule has 1 saturated heterocycles. The number of ether oxygens (including phenoxy) is 2. The molecule has 10 heteroatoms. The van der Waals surface area contributed by atoms with Crippen molar-refractivity contribution in [2.75, 3.05) is 12.0 Å². The van der Waals surface area contributed by atoms with E-state index in [-0.39, 0.29) is 38.0 Å². The zero-order valence-corrected chi connectivity index (χ0v) is 22.2. The van der Waals surface area contributed by atoms with Crippen LogP contribution in [-0.2, 0) is 16.2 Å². The molecule has 6 nitrogen and oxygen atoms in total. The highest BCUT2D eigenvalue weighted by molar-refractivity contribution is 7.80. The Kier molecular flexibility index (Phi) is 7.85. The van der Waals surface area contributed by atoms with Gasteiger partial charge in [-0.05, 0) is 60.6 Å². The summed E-state index contributed by atoms with van der Waals surface area (Å²) >= 11 is 24.1. The number of methoxy groups -OCH3 is 1. The minimum absolute atomic E-state index is 0.109. The first kappa shape index (κ1) is 26.0. The topological polar surface area (TPSA) is 67.9 Å². The average molecular weight is 562 g/mol. The zero-order valence-electron chi connectivity index (χ0n) is 19.1. The van der Waals surface area contributed by atoms with Gasteiger partial charge in [-0.2, -0.15) is 0 Å². The van der Waals surface area contributed by atoms with Gasteiger partial charge in [-0.1, -0.05) is 70.7 Å². The second kappa shape index (κ2) is 10.9. The number of hydrogen-bond acceptors (Lipinski definition) is 5. The quantitative estimate of drug-likeness (QED) is 0.215. The van der Waals surface area contributed by atoms with Crippen molar-refractivity contribution in [3.8, 4) is 11.5 Å². The van der Waals surface area contributed by atoms with E-state index in [0.717, 1.165) is 16.0 Å². The van der Waals surface area contributed by atoms with Crippen molar-refractivity contribution in [3.63, 3.8) is 0 Å². The predicted octanol–water partition coefficient (Wildman–Crippen LogP) is 6.37. The van der Waals surface area contributed by atoms with Crippen LogP contribution >= 0.6 is 47.0 Å². The van der Waals surface area contributed by atoms with E-state index in [2.05, 4.69) is 5.32 Å². The van der Waals surface area contributed by atoms with Gasteiger partial charge in [-0.25, -0.2) is 0 Å². The SMILES string of the molecule is COc1cc(/C=C2\C(=O)NC(=S)N(c3cccc(Cl)c3Cl)C2=O)cc(Cl)c1OCc1ccc(C)cc1. The van der Waals surface area contributed by atoms with E-state index in [9.17, 15) is 9.59 Å². The van der Waals surface area contributed by atoms with Gasteiger partial charge in [0.05, 0.1) is 27.9 Å². The number of nitrogens with zero attached hydrogens (tertiary/aromatic N) is 1. The molecular weight excluding hydrogens is 543 g/mol. The van der Waals surface area contributed by atoms with Crippen molar-refractivity contribution < 1.29 is 19.1 Å². The van der Waals surface area contributed by atoms with Crippen LogP contribution in [-0.4, -0.2) is 24.0 Å². The lowest BCUT2D eigenvalue weighted by molar-refractivity contribution is -0.122. The third kappa shape index (κ3) is 5.34. The van der Waals surface area contributed by atoms with E-state index < -0.39 is 11.8 Å². The Hall–Kier alpha value is -3.10. The average Bonchev–Trinajstić information content (AvgIpc) is 2.84. The number of anilines is 1. The number of halogens is 3. The number of thiocarbonyl (C=S) groups is 1. The maximum Gasteiger partial charge on any atom is 0.270 e. The number of amides is 2. The summed E-state index contributed by atoms with van der Waals surface area (Å²) in [6, 6.07) is 15.9. The minimum Gasteiger partial charge on any atom is -0.493 e. The molecule has 1 aliphatic rings. The summed E-state index contributed by atoms with van der Waals surface area (Å²) in [5, 5.41) is 3.02. The molecule has 0 atom stereocenters. The number of nitrogens with one attached hydrogen (secondary N) is 1. The van der Waals surface area contributed by atoms with Crippen LogP contribution in [0.25, 0.3) is 6.08 Å². The van der Waals surface area contributed by atoms with Crippen LogP contribution in [0.4, 0.5) is 5.69 Å². The van der Waals surface area contributed by atoms with Crippen LogP contribution < -0.4 is 19.7 Å². The van der Waals surface area contributed by atoms with E-state index in [1.165, 1.54) is 13.2 Å². The van der Waals surface area contributed by atoms with E-state index in [0.29, 0.717) is 17.1 Å². The lowest BCUT2D eigenvalue weighted by Gasteiger charge is -2.29. The van der Waals surface area contributed by atoms with Gasteiger partial charge < -0.3 is 9.47 Å². The number of aryl methyl sites for hydroxylation is 1. The molecule has 3 aromatic carbocycles. The van der Waals surface area contributed by atoms with Crippen molar-refractivity contribution in [2.24, 2.45) is 0 Å². The third-order valence-corrected chi connectivity index (χ3v) is 6.71. The van der Waals surface area contributed by atoms with Crippen LogP contribution in [0.1, 0.15) is 16.7 Å². The van der Waals surface area contributed by atoms with Crippen molar-refractivity contribution in [1.82, 2.24) is 5.32 Å². The van der Waals surface area contributed by atoms with Crippen molar-refractivity contribution in [2.45, 2.75) is 13.5 Å². The lowest BCUT2D eigenvalue weighted by Crippen LogP contribution is -2.54. The molecule has 0 saturated carbocycles. The zero-order chi connectivity index (χ0) is 26.0. The summed E-state index contributed by atoms with van der Waals surface area (Å²) in [7, 11) is 1.47. The molecular formula is C26H19Cl3N2O4S. The van der Waals surface area contributed by atoms with Crippen molar-refractivity contribution in [1.29, 1.82) is 0 Å². The number of hydrogen-bond donors (Lipinski definition) is 1. The highest BCUT2D eigenvalue weighted by atomic mass is 35.5. The Morgan fingerprint density at radius 2 is 1.75 bits per heavy atom. The highest BCUT2D eigenvalue weighted by Crippen LogP contribution is 2.38. The number of benzene rings is 3. The number of rotatable bonds is 6. The molecule has 0 unspecified atom stereocenters. The van der Waals surface area contributed by atoms with Gasteiger partial charge in [-0.3, -0.25) is 19.8 Å². The molecule has 0 spiro atoms. The van der Waals surface area contributed by atoms with Gasteiger partial charge >= 0.3 is 0 Å². The fraction of sp³-hybridized carbons (Fsp3) is 0.115. The Morgan fingerprint density at radius 1 is 1.03 bits per heavy atom. The molecule has 1 N–H and O–H groups in total. The molecule has 0 aliphatic carbocycles. The van der Waals surface area contributed by atoms with Gasteiger partial charge in [0.25, 0.3) is 11.8 Å². The third-order valence-electron chi connectivity index (χ3n) is 5.34. The van der Waals surface area contributed by atoms with E-state index >= 15 is 0 Å². The Balaban J connectivity index is 1.66. The predicted molar refractivity (Wildman–Crippen MR) is 146 cm³/mol. The highest BCUT2D eigenvalue weighted by Gasteiger charge is 2.35. The standard InChI is InChI=1S/C26H19Cl3N2O4S/c1-14-6-8-15(9-7-14)13-35-23-19(28)11-16(12-21(23)34-2)10-17-24(32)30-26(36)31(25(17)33)20-5-3-4-18(27)22(20)29/h3-12H,13H2,1-2H3,(H,30,32,36)/b17-10+. The molecule has 3 aromatic rings. The monoisotopic (exact) mass is 560 g/mol. The van der Waals surface area contributed by atoms with Gasteiger partial charge in [0, 0.05) is 0 Å². The molecule has 0 aromatic heterocycles. The first-order valence-corrected chi connectivity index (χ1v) is 12.1. The summed E-state index contributed by atoms with van der Waals surface area (Å²) in [5.41, 5.74) is 2.63. The molecule has 36 heavy (non-hydrogen) atoms. The maximum atomic E-state index is 13.3. The molecule has 184 valence electrons. The summed E-state index contributed by atoms with van der Waals surface area (Å²) in [6.07, 6.45) is 1.39. The van der Waals surface area contributed by atoms with E-state index in [1.807, 2.05) is 31.2 Å². The van der Waals surface area contributed by atoms with E-state index in [1.54, 1.807) is 30.3 Å². The molecule has 0 radical (unpaired) electrons. The molecule has 1 aliphatic heterocycles. The normalized spacial score (nSPS) is 14.8. The van der Waals surface area contributed by atoms with Gasteiger partial charge in [0.15, 0.2) is 16.6 Å². The second-order valence-corrected chi connectivity index (χ2v) is 9.42. The molecule has 1 fully saturated rings. The van der Waals surface area contributed by atoms with Crippen LogP contribution in [0.15, 0.2) is 60.2 Å². The molecule has 0 bridgehead atoms. The van der Waals surface area contributed by atoms with Crippen LogP contribution in [0.5, 0.6) is 11.5 Å². The number of carbonyl (C=O) groups excluding carboxylic acids is 2. The summed E-state index contributed by atoms with van der Waals surface area (Å²) in [6.45, 7) is 2.29. The van der Waals surface area contributed by atoms with Crippen LogP contribution in [0.3, 0.4) is 0 Å². The van der Waals surface area contributed by atoms with E-state index in [4.69, 9.17) is 56.5 Å². The van der Waals surface area contributed by atoms with Gasteiger partial charge in [-0.15, -0.1) is 0 Å². The largest absolute Gasteiger partial charge is 0.493 e. The summed E-state index contributed by atoms with van der Waals surface area (Å²) in [4.78, 5) is 27.1. The molecule has 2 amide bonds. The van der Waals surface area contributed by atoms with Crippen molar-refractivity contribution in [3.05, 3.63) is 91.9 Å².